The van der Waals surface area contributed by atoms with Crippen LogP contribution in [-0.4, -0.2) is 14.9 Å². The van der Waals surface area contributed by atoms with Crippen LogP contribution in [0.1, 0.15) is 17.0 Å². The molecular formula is C13H13N3O. The van der Waals surface area contributed by atoms with Gasteiger partial charge in [0.05, 0.1) is 18.2 Å². The van der Waals surface area contributed by atoms with E-state index in [0.29, 0.717) is 12.1 Å². The van der Waals surface area contributed by atoms with Crippen LogP contribution in [-0.2, 0) is 6.42 Å². The topological polar surface area (TPSA) is 61.8 Å². The Bertz CT molecular complexity index is 593. The first kappa shape index (κ1) is 11.2. The molecule has 1 heterocycles. The molecule has 0 atom stereocenters. The molecule has 2 rings (SSSR count). The van der Waals surface area contributed by atoms with E-state index in [-0.39, 0.29) is 5.75 Å². The van der Waals surface area contributed by atoms with Crippen molar-refractivity contribution in [2.45, 2.75) is 20.3 Å². The minimum atomic E-state index is 0.182. The van der Waals surface area contributed by atoms with Crippen molar-refractivity contribution in [3.8, 4) is 17.5 Å². The molecule has 1 N–H and O–H groups in total. The molecule has 0 unspecified atom stereocenters. The van der Waals surface area contributed by atoms with E-state index in [2.05, 4.69) is 11.2 Å². The fourth-order valence-corrected chi connectivity index (χ4v) is 1.89. The van der Waals surface area contributed by atoms with Gasteiger partial charge < -0.3 is 5.11 Å². The Kier molecular flexibility index (Phi) is 2.84. The number of aromatic nitrogens is 2. The third-order valence-electron chi connectivity index (χ3n) is 2.81. The molecule has 86 valence electrons. The second-order valence-corrected chi connectivity index (χ2v) is 3.88. The van der Waals surface area contributed by atoms with Gasteiger partial charge in [-0.05, 0) is 26.0 Å². The number of hydrogen-bond acceptors (Lipinski definition) is 3. The molecule has 17 heavy (non-hydrogen) atoms. The number of rotatable bonds is 2. The summed E-state index contributed by atoms with van der Waals surface area (Å²) in [7, 11) is 0. The molecule has 0 amide bonds. The van der Waals surface area contributed by atoms with Crippen molar-refractivity contribution in [1.82, 2.24) is 9.78 Å². The lowest BCUT2D eigenvalue weighted by Crippen LogP contribution is -1.99. The highest BCUT2D eigenvalue weighted by Gasteiger charge is 2.13. The molecular weight excluding hydrogens is 214 g/mol. The molecule has 1 aromatic carbocycles. The average Bonchev–Trinajstić information content (AvgIpc) is 2.58. The lowest BCUT2D eigenvalue weighted by Gasteiger charge is -2.06. The molecule has 0 fully saturated rings. The second kappa shape index (κ2) is 4.30. The van der Waals surface area contributed by atoms with Gasteiger partial charge in [0.15, 0.2) is 0 Å². The van der Waals surface area contributed by atoms with Crippen molar-refractivity contribution >= 4 is 0 Å². The predicted molar refractivity (Wildman–Crippen MR) is 64.0 cm³/mol. The molecule has 0 aliphatic carbocycles. The highest BCUT2D eigenvalue weighted by Crippen LogP contribution is 2.24. The van der Waals surface area contributed by atoms with E-state index in [0.717, 1.165) is 17.0 Å². The Morgan fingerprint density at radius 3 is 2.71 bits per heavy atom. The van der Waals surface area contributed by atoms with Gasteiger partial charge in [-0.15, -0.1) is 0 Å². The van der Waals surface area contributed by atoms with E-state index in [9.17, 15) is 5.11 Å². The maximum absolute atomic E-state index is 9.79. The van der Waals surface area contributed by atoms with Crippen LogP contribution in [0.5, 0.6) is 5.75 Å². The molecule has 0 saturated heterocycles. The highest BCUT2D eigenvalue weighted by molar-refractivity contribution is 5.47. The Balaban J connectivity index is 2.59. The first-order valence-corrected chi connectivity index (χ1v) is 5.35. The van der Waals surface area contributed by atoms with Crippen molar-refractivity contribution in [3.05, 3.63) is 41.2 Å². The monoisotopic (exact) mass is 227 g/mol. The molecule has 0 saturated carbocycles. The standard InChI is InChI=1S/C13H13N3O/c1-9-11(7-8-14)10(2)16(15-9)12-5-3-4-6-13(12)17/h3-6,17H,7H2,1-2H3. The first-order valence-electron chi connectivity index (χ1n) is 5.35. The fourth-order valence-electron chi connectivity index (χ4n) is 1.89. The third-order valence-corrected chi connectivity index (χ3v) is 2.81. The summed E-state index contributed by atoms with van der Waals surface area (Å²) in [5.74, 6) is 0.182. The lowest BCUT2D eigenvalue weighted by molar-refractivity contribution is 0.470. The largest absolute Gasteiger partial charge is 0.506 e. The second-order valence-electron chi connectivity index (χ2n) is 3.88. The molecule has 2 aromatic rings. The van der Waals surface area contributed by atoms with Gasteiger partial charge in [0.25, 0.3) is 0 Å². The van der Waals surface area contributed by atoms with Gasteiger partial charge >= 0.3 is 0 Å². The van der Waals surface area contributed by atoms with Crippen LogP contribution < -0.4 is 0 Å². The van der Waals surface area contributed by atoms with Crippen LogP contribution in [0.4, 0.5) is 0 Å². The number of aryl methyl sites for hydroxylation is 1. The van der Waals surface area contributed by atoms with Gasteiger partial charge in [-0.2, -0.15) is 10.4 Å². The number of phenols is 1. The normalized spacial score (nSPS) is 10.2. The van der Waals surface area contributed by atoms with E-state index >= 15 is 0 Å². The molecule has 0 aliphatic heterocycles. The Morgan fingerprint density at radius 2 is 2.06 bits per heavy atom. The first-order chi connectivity index (χ1) is 8.15. The molecule has 1 aromatic heterocycles. The maximum atomic E-state index is 9.79. The van der Waals surface area contributed by atoms with Gasteiger partial charge in [-0.1, -0.05) is 12.1 Å². The molecule has 0 radical (unpaired) electrons. The summed E-state index contributed by atoms with van der Waals surface area (Å²) in [6.07, 6.45) is 0.339. The van der Waals surface area contributed by atoms with Crippen LogP contribution in [0.3, 0.4) is 0 Å². The van der Waals surface area contributed by atoms with Crippen molar-refractivity contribution in [1.29, 1.82) is 5.26 Å². The molecule has 4 nitrogen and oxygen atoms in total. The van der Waals surface area contributed by atoms with E-state index in [1.807, 2.05) is 19.9 Å². The van der Waals surface area contributed by atoms with Gasteiger partial charge in [0.2, 0.25) is 0 Å². The Hall–Kier alpha value is -2.28. The fraction of sp³-hybridized carbons (Fsp3) is 0.231. The van der Waals surface area contributed by atoms with E-state index in [1.165, 1.54) is 0 Å². The summed E-state index contributed by atoms with van der Waals surface area (Å²) in [6, 6.07) is 9.15. The van der Waals surface area contributed by atoms with E-state index in [1.54, 1.807) is 22.9 Å². The zero-order valence-corrected chi connectivity index (χ0v) is 9.81. The molecule has 0 bridgehead atoms. The number of benzene rings is 1. The van der Waals surface area contributed by atoms with Gasteiger partial charge in [-0.25, -0.2) is 4.68 Å². The van der Waals surface area contributed by atoms with Crippen LogP contribution in [0, 0.1) is 25.2 Å². The lowest BCUT2D eigenvalue weighted by atomic mass is 10.1. The smallest absolute Gasteiger partial charge is 0.141 e. The van der Waals surface area contributed by atoms with Crippen molar-refractivity contribution in [2.75, 3.05) is 0 Å². The molecule has 4 heteroatoms. The minimum absolute atomic E-state index is 0.182. The summed E-state index contributed by atoms with van der Waals surface area (Å²) in [4.78, 5) is 0. The summed E-state index contributed by atoms with van der Waals surface area (Å²) >= 11 is 0. The van der Waals surface area contributed by atoms with Gasteiger partial charge in [-0.3, -0.25) is 0 Å². The summed E-state index contributed by atoms with van der Waals surface area (Å²) in [6.45, 7) is 3.77. The van der Waals surface area contributed by atoms with Crippen molar-refractivity contribution in [3.63, 3.8) is 0 Å². The van der Waals surface area contributed by atoms with Crippen LogP contribution in [0.2, 0.25) is 0 Å². The quantitative estimate of drug-likeness (QED) is 0.856. The third kappa shape index (κ3) is 1.87. The van der Waals surface area contributed by atoms with E-state index in [4.69, 9.17) is 5.26 Å². The van der Waals surface area contributed by atoms with Crippen molar-refractivity contribution < 1.29 is 5.11 Å². The van der Waals surface area contributed by atoms with Gasteiger partial charge in [0, 0.05) is 11.3 Å². The maximum Gasteiger partial charge on any atom is 0.141 e. The Labute approximate surface area is 99.7 Å². The summed E-state index contributed by atoms with van der Waals surface area (Å²) in [5, 5.41) is 22.9. The molecule has 0 spiro atoms. The number of hydrogen-bond donors (Lipinski definition) is 1. The highest BCUT2D eigenvalue weighted by atomic mass is 16.3. The molecule has 0 aliphatic rings. The number of phenolic OH excluding ortho intramolecular Hbond substituents is 1. The zero-order valence-electron chi connectivity index (χ0n) is 9.81. The number of nitriles is 1. The number of nitrogens with zero attached hydrogens (tertiary/aromatic N) is 3. The average molecular weight is 227 g/mol. The van der Waals surface area contributed by atoms with Crippen LogP contribution >= 0.6 is 0 Å². The van der Waals surface area contributed by atoms with Gasteiger partial charge in [0.1, 0.15) is 11.4 Å². The zero-order chi connectivity index (χ0) is 12.4. The van der Waals surface area contributed by atoms with E-state index < -0.39 is 0 Å². The van der Waals surface area contributed by atoms with Crippen LogP contribution in [0.15, 0.2) is 24.3 Å². The van der Waals surface area contributed by atoms with Crippen molar-refractivity contribution in [2.24, 2.45) is 0 Å². The predicted octanol–water partition coefficient (Wildman–Crippen LogP) is 2.26. The Morgan fingerprint density at radius 1 is 1.35 bits per heavy atom. The SMILES string of the molecule is Cc1nn(-c2ccccc2O)c(C)c1CC#N. The number of para-hydroxylation sites is 2. The summed E-state index contributed by atoms with van der Waals surface area (Å²) in [5.41, 5.74) is 3.28. The minimum Gasteiger partial charge on any atom is -0.506 e. The van der Waals surface area contributed by atoms with Crippen LogP contribution in [0.25, 0.3) is 5.69 Å². The number of aromatic hydroxyl groups is 1. The summed E-state index contributed by atoms with van der Waals surface area (Å²) < 4.78 is 1.68.